The summed E-state index contributed by atoms with van der Waals surface area (Å²) >= 11 is 0. The van der Waals surface area contributed by atoms with Crippen LogP contribution in [0.2, 0.25) is 0 Å². The van der Waals surface area contributed by atoms with Crippen LogP contribution >= 0.6 is 0 Å². The molecule has 7 nitrogen and oxygen atoms in total. The van der Waals surface area contributed by atoms with E-state index in [0.717, 1.165) is 0 Å². The molecule has 0 radical (unpaired) electrons. The molecule has 0 atom stereocenters. The molecule has 1 aromatic heterocycles. The van der Waals surface area contributed by atoms with Gasteiger partial charge in [0, 0.05) is 12.7 Å². The van der Waals surface area contributed by atoms with E-state index in [2.05, 4.69) is 10.3 Å². The van der Waals surface area contributed by atoms with Crippen molar-refractivity contribution in [2.24, 2.45) is 5.73 Å². The van der Waals surface area contributed by atoms with Gasteiger partial charge in [-0.15, -0.1) is 0 Å². The number of hydrogen-bond acceptors (Lipinski definition) is 5. The quantitative estimate of drug-likeness (QED) is 0.562. The van der Waals surface area contributed by atoms with E-state index in [9.17, 15) is 9.59 Å². The summed E-state index contributed by atoms with van der Waals surface area (Å²) in [5.41, 5.74) is 5.03. The molecule has 7 heteroatoms. The zero-order valence-electron chi connectivity index (χ0n) is 9.05. The Labute approximate surface area is 97.6 Å². The summed E-state index contributed by atoms with van der Waals surface area (Å²) in [5, 5.41) is 11.6. The standard InChI is InChI=1S/C10H13N3O4/c11-8(14)6-17-4-3-13-9-5-7(10(15)16)1-2-12-9/h1-2,5H,3-4,6H2,(H2,11,14)(H,12,13)(H,15,16). The third kappa shape index (κ3) is 4.94. The number of hydrogen-bond donors (Lipinski definition) is 3. The third-order valence-corrected chi connectivity index (χ3v) is 1.80. The molecule has 0 saturated heterocycles. The van der Waals surface area contributed by atoms with Crippen molar-refractivity contribution >= 4 is 17.7 Å². The normalized spacial score (nSPS) is 9.88. The number of aromatic nitrogens is 1. The lowest BCUT2D eigenvalue weighted by molar-refractivity contribution is -0.122. The molecule has 0 unspecified atom stereocenters. The molecule has 0 fully saturated rings. The van der Waals surface area contributed by atoms with Gasteiger partial charge in [0.2, 0.25) is 5.91 Å². The first-order chi connectivity index (χ1) is 8.09. The van der Waals surface area contributed by atoms with Crippen molar-refractivity contribution in [1.29, 1.82) is 0 Å². The number of pyridine rings is 1. The molecule has 1 heterocycles. The van der Waals surface area contributed by atoms with E-state index in [-0.39, 0.29) is 18.8 Å². The number of nitrogens with zero attached hydrogens (tertiary/aromatic N) is 1. The Morgan fingerprint density at radius 1 is 1.53 bits per heavy atom. The number of carboxylic acids is 1. The molecule has 92 valence electrons. The smallest absolute Gasteiger partial charge is 0.335 e. The maximum Gasteiger partial charge on any atom is 0.335 e. The van der Waals surface area contributed by atoms with Gasteiger partial charge in [-0.1, -0.05) is 0 Å². The second kappa shape index (κ2) is 6.44. The summed E-state index contributed by atoms with van der Waals surface area (Å²) in [6, 6.07) is 2.81. The number of anilines is 1. The fraction of sp³-hybridized carbons (Fsp3) is 0.300. The second-order valence-corrected chi connectivity index (χ2v) is 3.18. The molecule has 0 aliphatic heterocycles. The topological polar surface area (TPSA) is 115 Å². The van der Waals surface area contributed by atoms with E-state index in [1.54, 1.807) is 0 Å². The highest BCUT2D eigenvalue weighted by Gasteiger charge is 2.03. The monoisotopic (exact) mass is 239 g/mol. The maximum atomic E-state index is 10.7. The summed E-state index contributed by atoms with van der Waals surface area (Å²) < 4.78 is 4.91. The lowest BCUT2D eigenvalue weighted by Gasteiger charge is -2.06. The molecule has 4 N–H and O–H groups in total. The first-order valence-corrected chi connectivity index (χ1v) is 4.89. The number of carbonyl (C=O) groups is 2. The van der Waals surface area contributed by atoms with Crippen LogP contribution in [0.15, 0.2) is 18.3 Å². The number of nitrogens with two attached hydrogens (primary N) is 1. The van der Waals surface area contributed by atoms with E-state index in [1.807, 2.05) is 0 Å². The SMILES string of the molecule is NC(=O)COCCNc1cc(C(=O)O)ccn1. The van der Waals surface area contributed by atoms with Crippen molar-refractivity contribution in [2.45, 2.75) is 0 Å². The van der Waals surface area contributed by atoms with Crippen LogP contribution < -0.4 is 11.1 Å². The number of amides is 1. The molecule has 17 heavy (non-hydrogen) atoms. The Morgan fingerprint density at radius 2 is 2.29 bits per heavy atom. The van der Waals surface area contributed by atoms with Gasteiger partial charge in [-0.05, 0) is 12.1 Å². The number of carboxylic acid groups (broad SMARTS) is 1. The van der Waals surface area contributed by atoms with E-state index >= 15 is 0 Å². The molecule has 1 amide bonds. The number of rotatable bonds is 7. The highest BCUT2D eigenvalue weighted by molar-refractivity contribution is 5.88. The Kier molecular flexibility index (Phi) is 4.89. The maximum absolute atomic E-state index is 10.7. The van der Waals surface area contributed by atoms with Crippen LogP contribution in [-0.4, -0.2) is 41.7 Å². The summed E-state index contributed by atoms with van der Waals surface area (Å²) in [5.74, 6) is -1.11. The fourth-order valence-electron chi connectivity index (χ4n) is 1.08. The van der Waals surface area contributed by atoms with Crippen molar-refractivity contribution < 1.29 is 19.4 Å². The van der Waals surface area contributed by atoms with Crippen molar-refractivity contribution in [2.75, 3.05) is 25.1 Å². The van der Waals surface area contributed by atoms with Crippen LogP contribution in [0.3, 0.4) is 0 Å². The fourth-order valence-corrected chi connectivity index (χ4v) is 1.08. The van der Waals surface area contributed by atoms with Crippen LogP contribution in [0.1, 0.15) is 10.4 Å². The Hall–Kier alpha value is -2.15. The predicted octanol–water partition coefficient (Wildman–Crippen LogP) is -0.306. The summed E-state index contributed by atoms with van der Waals surface area (Å²) in [6.07, 6.45) is 1.40. The van der Waals surface area contributed by atoms with Gasteiger partial charge < -0.3 is 20.9 Å². The van der Waals surface area contributed by atoms with Crippen LogP contribution in [0.5, 0.6) is 0 Å². The molecule has 0 aliphatic rings. The number of aromatic carboxylic acids is 1. The molecule has 0 spiro atoms. The highest BCUT2D eigenvalue weighted by atomic mass is 16.5. The third-order valence-electron chi connectivity index (χ3n) is 1.80. The Morgan fingerprint density at radius 3 is 2.94 bits per heavy atom. The van der Waals surface area contributed by atoms with Crippen molar-refractivity contribution in [1.82, 2.24) is 4.98 Å². The van der Waals surface area contributed by atoms with Gasteiger partial charge in [-0.3, -0.25) is 4.79 Å². The molecule has 1 aromatic rings. The van der Waals surface area contributed by atoms with Crippen molar-refractivity contribution in [3.63, 3.8) is 0 Å². The number of ether oxygens (including phenoxy) is 1. The summed E-state index contributed by atoms with van der Waals surface area (Å²) in [4.78, 5) is 25.0. The van der Waals surface area contributed by atoms with Crippen LogP contribution in [-0.2, 0) is 9.53 Å². The Balaban J connectivity index is 2.34. The average Bonchev–Trinajstić information content (AvgIpc) is 2.28. The van der Waals surface area contributed by atoms with Crippen LogP contribution in [0.25, 0.3) is 0 Å². The molecule has 0 aromatic carbocycles. The van der Waals surface area contributed by atoms with Crippen LogP contribution in [0, 0.1) is 0 Å². The van der Waals surface area contributed by atoms with Gasteiger partial charge in [-0.25, -0.2) is 9.78 Å². The van der Waals surface area contributed by atoms with Gasteiger partial charge in [0.15, 0.2) is 0 Å². The van der Waals surface area contributed by atoms with Gasteiger partial charge in [0.25, 0.3) is 0 Å². The van der Waals surface area contributed by atoms with Gasteiger partial charge in [0.1, 0.15) is 12.4 Å². The molecule has 0 saturated carbocycles. The molecule has 0 bridgehead atoms. The number of carbonyl (C=O) groups excluding carboxylic acids is 1. The molecular weight excluding hydrogens is 226 g/mol. The van der Waals surface area contributed by atoms with Gasteiger partial charge >= 0.3 is 5.97 Å². The summed E-state index contributed by atoms with van der Waals surface area (Å²) in [6.45, 7) is 0.551. The minimum Gasteiger partial charge on any atom is -0.478 e. The molecule has 1 rings (SSSR count). The van der Waals surface area contributed by atoms with E-state index in [0.29, 0.717) is 12.4 Å². The van der Waals surface area contributed by atoms with Crippen molar-refractivity contribution in [3.8, 4) is 0 Å². The zero-order chi connectivity index (χ0) is 12.7. The largest absolute Gasteiger partial charge is 0.478 e. The van der Waals surface area contributed by atoms with Gasteiger partial charge in [0.05, 0.1) is 12.2 Å². The van der Waals surface area contributed by atoms with Crippen LogP contribution in [0.4, 0.5) is 5.82 Å². The minimum atomic E-state index is -1.01. The van der Waals surface area contributed by atoms with Gasteiger partial charge in [-0.2, -0.15) is 0 Å². The lowest BCUT2D eigenvalue weighted by atomic mass is 10.2. The van der Waals surface area contributed by atoms with E-state index < -0.39 is 11.9 Å². The first kappa shape index (κ1) is 12.9. The number of nitrogens with one attached hydrogen (secondary N) is 1. The lowest BCUT2D eigenvalue weighted by Crippen LogP contribution is -2.20. The van der Waals surface area contributed by atoms with E-state index in [4.69, 9.17) is 15.6 Å². The van der Waals surface area contributed by atoms with E-state index in [1.165, 1.54) is 18.3 Å². The Bertz CT molecular complexity index is 408. The molecular formula is C10H13N3O4. The zero-order valence-corrected chi connectivity index (χ0v) is 9.05. The number of primary amides is 1. The molecule has 0 aliphatic carbocycles. The summed E-state index contributed by atoms with van der Waals surface area (Å²) in [7, 11) is 0. The predicted molar refractivity (Wildman–Crippen MR) is 59.7 cm³/mol. The second-order valence-electron chi connectivity index (χ2n) is 3.18. The average molecular weight is 239 g/mol. The highest BCUT2D eigenvalue weighted by Crippen LogP contribution is 2.05. The first-order valence-electron chi connectivity index (χ1n) is 4.89. The van der Waals surface area contributed by atoms with Crippen molar-refractivity contribution in [3.05, 3.63) is 23.9 Å². The minimum absolute atomic E-state index is 0.135.